The van der Waals surface area contributed by atoms with Crippen molar-refractivity contribution in [2.45, 2.75) is 52.0 Å². The highest BCUT2D eigenvalue weighted by Crippen LogP contribution is 2.35. The number of hydrogen-bond donors (Lipinski definition) is 1. The van der Waals surface area contributed by atoms with Crippen LogP contribution >= 0.6 is 0 Å². The highest BCUT2D eigenvalue weighted by Gasteiger charge is 2.26. The molecule has 90 valence electrons. The van der Waals surface area contributed by atoms with Crippen LogP contribution < -0.4 is 5.73 Å². The zero-order chi connectivity index (χ0) is 11.5. The van der Waals surface area contributed by atoms with E-state index in [1.165, 1.54) is 25.7 Å². The summed E-state index contributed by atoms with van der Waals surface area (Å²) in [4.78, 5) is 0. The maximum Gasteiger partial charge on any atom is 0.121 e. The van der Waals surface area contributed by atoms with Gasteiger partial charge in [0.1, 0.15) is 11.5 Å². The van der Waals surface area contributed by atoms with Gasteiger partial charge in [-0.25, -0.2) is 0 Å². The minimum absolute atomic E-state index is 0.104. The topological polar surface area (TPSA) is 39.2 Å². The van der Waals surface area contributed by atoms with Crippen molar-refractivity contribution in [3.8, 4) is 0 Å². The highest BCUT2D eigenvalue weighted by molar-refractivity contribution is 5.11. The lowest BCUT2D eigenvalue weighted by molar-refractivity contribution is 0.237. The summed E-state index contributed by atoms with van der Waals surface area (Å²) in [6.07, 6.45) is 6.10. The van der Waals surface area contributed by atoms with Crippen molar-refractivity contribution in [1.29, 1.82) is 0 Å². The predicted octanol–water partition coefficient (Wildman–Crippen LogP) is 3.67. The van der Waals surface area contributed by atoms with Crippen LogP contribution in [0.25, 0.3) is 0 Å². The summed E-state index contributed by atoms with van der Waals surface area (Å²) in [7, 11) is 0. The van der Waals surface area contributed by atoms with Crippen molar-refractivity contribution < 1.29 is 4.42 Å². The average molecular weight is 221 g/mol. The SMILES string of the molecule is CCc1ccc(C(N)C2CCC(C)CC2)o1. The number of furan rings is 1. The van der Waals surface area contributed by atoms with Gasteiger partial charge in [-0.1, -0.05) is 26.7 Å². The van der Waals surface area contributed by atoms with Gasteiger partial charge < -0.3 is 10.2 Å². The Bertz CT molecular complexity index is 323. The van der Waals surface area contributed by atoms with Crippen LogP contribution in [0.5, 0.6) is 0 Å². The Kier molecular flexibility index (Phi) is 3.70. The molecule has 2 N–H and O–H groups in total. The van der Waals surface area contributed by atoms with Crippen LogP contribution in [-0.4, -0.2) is 0 Å². The van der Waals surface area contributed by atoms with Crippen LogP contribution in [-0.2, 0) is 6.42 Å². The van der Waals surface area contributed by atoms with Crippen molar-refractivity contribution in [2.24, 2.45) is 17.6 Å². The standard InChI is InChI=1S/C14H23NO/c1-3-12-8-9-13(16-12)14(15)11-6-4-10(2)5-7-11/h8-11,14H,3-7,15H2,1-2H3. The lowest BCUT2D eigenvalue weighted by Gasteiger charge is -2.29. The van der Waals surface area contributed by atoms with Gasteiger partial charge >= 0.3 is 0 Å². The molecule has 0 aliphatic heterocycles. The molecule has 1 aliphatic carbocycles. The first-order valence-corrected chi connectivity index (χ1v) is 6.55. The smallest absolute Gasteiger partial charge is 0.121 e. The first kappa shape index (κ1) is 11.7. The van der Waals surface area contributed by atoms with E-state index in [9.17, 15) is 0 Å². The van der Waals surface area contributed by atoms with Gasteiger partial charge in [0, 0.05) is 6.42 Å². The molecule has 1 aromatic heterocycles. The van der Waals surface area contributed by atoms with Crippen molar-refractivity contribution >= 4 is 0 Å². The number of rotatable bonds is 3. The van der Waals surface area contributed by atoms with Gasteiger partial charge in [0.15, 0.2) is 0 Å². The molecular formula is C14H23NO. The maximum absolute atomic E-state index is 6.29. The van der Waals surface area contributed by atoms with E-state index in [1.807, 2.05) is 0 Å². The fraction of sp³-hybridized carbons (Fsp3) is 0.714. The Labute approximate surface area is 98.2 Å². The predicted molar refractivity (Wildman–Crippen MR) is 66.1 cm³/mol. The third kappa shape index (κ3) is 2.49. The molecule has 0 radical (unpaired) electrons. The molecule has 1 unspecified atom stereocenters. The van der Waals surface area contributed by atoms with E-state index in [2.05, 4.69) is 26.0 Å². The first-order chi connectivity index (χ1) is 7.70. The van der Waals surface area contributed by atoms with Gasteiger partial charge in [-0.3, -0.25) is 0 Å². The zero-order valence-electron chi connectivity index (χ0n) is 10.4. The summed E-state index contributed by atoms with van der Waals surface area (Å²) in [5, 5.41) is 0. The molecule has 2 rings (SSSR count). The number of aryl methyl sites for hydroxylation is 1. The minimum Gasteiger partial charge on any atom is -0.464 e. The van der Waals surface area contributed by atoms with Crippen LogP contribution in [0.3, 0.4) is 0 Å². The van der Waals surface area contributed by atoms with Gasteiger partial charge in [0.2, 0.25) is 0 Å². The van der Waals surface area contributed by atoms with Crippen LogP contribution in [0.2, 0.25) is 0 Å². The Morgan fingerprint density at radius 2 is 2.00 bits per heavy atom. The molecule has 0 spiro atoms. The van der Waals surface area contributed by atoms with E-state index in [0.717, 1.165) is 23.9 Å². The van der Waals surface area contributed by atoms with E-state index >= 15 is 0 Å². The second kappa shape index (κ2) is 5.05. The highest BCUT2D eigenvalue weighted by atomic mass is 16.3. The second-order valence-electron chi connectivity index (χ2n) is 5.20. The Morgan fingerprint density at radius 1 is 1.31 bits per heavy atom. The van der Waals surface area contributed by atoms with Gasteiger partial charge in [-0.15, -0.1) is 0 Å². The molecule has 0 saturated heterocycles. The quantitative estimate of drug-likeness (QED) is 0.845. The molecular weight excluding hydrogens is 198 g/mol. The van der Waals surface area contributed by atoms with Crippen LogP contribution in [0.15, 0.2) is 16.5 Å². The summed E-state index contributed by atoms with van der Waals surface area (Å²) in [6.45, 7) is 4.44. The summed E-state index contributed by atoms with van der Waals surface area (Å²) >= 11 is 0. The van der Waals surface area contributed by atoms with Crippen molar-refractivity contribution in [3.63, 3.8) is 0 Å². The normalized spacial score (nSPS) is 27.9. The second-order valence-corrected chi connectivity index (χ2v) is 5.20. The monoisotopic (exact) mass is 221 g/mol. The first-order valence-electron chi connectivity index (χ1n) is 6.55. The lowest BCUT2D eigenvalue weighted by atomic mass is 9.79. The molecule has 1 saturated carbocycles. The van der Waals surface area contributed by atoms with Crippen LogP contribution in [0.1, 0.15) is 57.1 Å². The molecule has 0 bridgehead atoms. The van der Waals surface area contributed by atoms with Crippen LogP contribution in [0.4, 0.5) is 0 Å². The number of nitrogens with two attached hydrogens (primary N) is 1. The fourth-order valence-corrected chi connectivity index (χ4v) is 2.64. The molecule has 2 heteroatoms. The molecule has 16 heavy (non-hydrogen) atoms. The zero-order valence-corrected chi connectivity index (χ0v) is 10.4. The Balaban J connectivity index is 1.98. The average Bonchev–Trinajstić information content (AvgIpc) is 2.77. The maximum atomic E-state index is 6.29. The van der Waals surface area contributed by atoms with Gasteiger partial charge in [0.25, 0.3) is 0 Å². The van der Waals surface area contributed by atoms with Crippen LogP contribution in [0, 0.1) is 11.8 Å². The molecule has 1 fully saturated rings. The minimum atomic E-state index is 0.104. The molecule has 2 nitrogen and oxygen atoms in total. The summed E-state index contributed by atoms with van der Waals surface area (Å²) in [5.74, 6) is 3.53. The summed E-state index contributed by atoms with van der Waals surface area (Å²) < 4.78 is 5.75. The van der Waals surface area contributed by atoms with Gasteiger partial charge in [-0.2, -0.15) is 0 Å². The Morgan fingerprint density at radius 3 is 2.56 bits per heavy atom. The summed E-state index contributed by atoms with van der Waals surface area (Å²) in [6, 6.07) is 4.22. The van der Waals surface area contributed by atoms with Gasteiger partial charge in [-0.05, 0) is 36.8 Å². The molecule has 1 atom stereocenters. The third-order valence-corrected chi connectivity index (χ3v) is 3.93. The largest absolute Gasteiger partial charge is 0.464 e. The molecule has 1 heterocycles. The molecule has 1 aliphatic rings. The van der Waals surface area contributed by atoms with Crippen molar-refractivity contribution in [1.82, 2.24) is 0 Å². The lowest BCUT2D eigenvalue weighted by Crippen LogP contribution is -2.25. The van der Waals surface area contributed by atoms with E-state index in [1.54, 1.807) is 0 Å². The Hall–Kier alpha value is -0.760. The van der Waals surface area contributed by atoms with E-state index in [0.29, 0.717) is 5.92 Å². The number of hydrogen-bond acceptors (Lipinski definition) is 2. The van der Waals surface area contributed by atoms with Crippen molar-refractivity contribution in [2.75, 3.05) is 0 Å². The van der Waals surface area contributed by atoms with Crippen molar-refractivity contribution in [3.05, 3.63) is 23.7 Å². The molecule has 0 amide bonds. The molecule has 0 aromatic carbocycles. The fourth-order valence-electron chi connectivity index (χ4n) is 2.64. The van der Waals surface area contributed by atoms with Gasteiger partial charge in [0.05, 0.1) is 6.04 Å². The van der Waals surface area contributed by atoms with E-state index < -0.39 is 0 Å². The van der Waals surface area contributed by atoms with E-state index in [4.69, 9.17) is 10.2 Å². The third-order valence-electron chi connectivity index (χ3n) is 3.93. The molecule has 1 aromatic rings. The van der Waals surface area contributed by atoms with E-state index in [-0.39, 0.29) is 6.04 Å². The summed E-state index contributed by atoms with van der Waals surface area (Å²) in [5.41, 5.74) is 6.29.